The topological polar surface area (TPSA) is 21.8 Å². The van der Waals surface area contributed by atoms with Gasteiger partial charge in [-0.2, -0.15) is 0 Å². The number of piperazine rings is 2. The van der Waals surface area contributed by atoms with E-state index in [-0.39, 0.29) is 0 Å². The Hall–Kier alpha value is -1.10. The monoisotopic (exact) mass is 246 g/mol. The zero-order valence-electron chi connectivity index (χ0n) is 10.9. The molecular formula is C14H22N4. The number of nitrogens with one attached hydrogen (secondary N) is 1. The Morgan fingerprint density at radius 3 is 2.00 bits per heavy atom. The van der Waals surface area contributed by atoms with Crippen molar-refractivity contribution in [1.29, 1.82) is 0 Å². The first-order valence-corrected chi connectivity index (χ1v) is 6.94. The first-order valence-electron chi connectivity index (χ1n) is 6.94. The zero-order chi connectivity index (χ0) is 12.2. The maximum absolute atomic E-state index is 3.41. The molecule has 2 heterocycles. The molecule has 1 aromatic rings. The Bertz CT molecular complexity index is 353. The minimum absolute atomic E-state index is 1.12. The minimum Gasteiger partial charge on any atom is -0.369 e. The van der Waals surface area contributed by atoms with E-state index in [1.54, 1.807) is 0 Å². The molecule has 0 unspecified atom stereocenters. The van der Waals surface area contributed by atoms with E-state index < -0.39 is 0 Å². The number of hydrogen-bond acceptors (Lipinski definition) is 4. The van der Waals surface area contributed by atoms with Crippen LogP contribution in [0.15, 0.2) is 30.3 Å². The average Bonchev–Trinajstić information content (AvgIpc) is 2.49. The van der Waals surface area contributed by atoms with Crippen molar-refractivity contribution in [2.24, 2.45) is 0 Å². The second kappa shape index (κ2) is 5.69. The van der Waals surface area contributed by atoms with E-state index in [0.717, 1.165) is 52.4 Å². The van der Waals surface area contributed by atoms with Crippen LogP contribution in [0.1, 0.15) is 0 Å². The second-order valence-corrected chi connectivity index (χ2v) is 4.98. The normalized spacial score (nSPS) is 23.2. The number of para-hydroxylation sites is 1. The van der Waals surface area contributed by atoms with Crippen molar-refractivity contribution >= 4 is 5.69 Å². The van der Waals surface area contributed by atoms with Crippen molar-refractivity contribution in [3.8, 4) is 0 Å². The van der Waals surface area contributed by atoms with E-state index >= 15 is 0 Å². The molecule has 4 nitrogen and oxygen atoms in total. The first-order chi connectivity index (χ1) is 8.93. The molecule has 2 saturated heterocycles. The van der Waals surface area contributed by atoms with Crippen molar-refractivity contribution in [2.75, 3.05) is 57.3 Å². The molecule has 0 aliphatic carbocycles. The van der Waals surface area contributed by atoms with Gasteiger partial charge in [0.1, 0.15) is 0 Å². The van der Waals surface area contributed by atoms with Crippen LogP contribution in [0, 0.1) is 0 Å². The van der Waals surface area contributed by atoms with E-state index in [2.05, 4.69) is 50.6 Å². The molecule has 1 aromatic carbocycles. The van der Waals surface area contributed by atoms with E-state index in [1.165, 1.54) is 5.69 Å². The molecule has 0 bridgehead atoms. The molecule has 98 valence electrons. The highest BCUT2D eigenvalue weighted by Gasteiger charge is 2.22. The summed E-state index contributed by atoms with van der Waals surface area (Å²) in [5.74, 6) is 0. The first kappa shape index (κ1) is 12.0. The van der Waals surface area contributed by atoms with Gasteiger partial charge in [0.05, 0.1) is 0 Å². The zero-order valence-corrected chi connectivity index (χ0v) is 10.9. The van der Waals surface area contributed by atoms with Gasteiger partial charge in [-0.15, -0.1) is 0 Å². The summed E-state index contributed by atoms with van der Waals surface area (Å²) in [6.07, 6.45) is 0. The lowest BCUT2D eigenvalue weighted by Crippen LogP contribution is -2.58. The summed E-state index contributed by atoms with van der Waals surface area (Å²) in [6.45, 7) is 9.13. The summed E-state index contributed by atoms with van der Waals surface area (Å²) < 4.78 is 0. The molecular weight excluding hydrogens is 224 g/mol. The Morgan fingerprint density at radius 1 is 0.722 bits per heavy atom. The van der Waals surface area contributed by atoms with Crippen molar-refractivity contribution in [2.45, 2.75) is 0 Å². The highest BCUT2D eigenvalue weighted by molar-refractivity contribution is 5.46. The lowest BCUT2D eigenvalue weighted by atomic mass is 10.2. The maximum atomic E-state index is 3.41. The lowest BCUT2D eigenvalue weighted by molar-refractivity contribution is -0.0375. The summed E-state index contributed by atoms with van der Waals surface area (Å²) in [5.41, 5.74) is 1.36. The summed E-state index contributed by atoms with van der Waals surface area (Å²) in [7, 11) is 0. The third-order valence-corrected chi connectivity index (χ3v) is 3.87. The van der Waals surface area contributed by atoms with Crippen LogP contribution in [0.3, 0.4) is 0 Å². The van der Waals surface area contributed by atoms with Gasteiger partial charge in [-0.25, -0.2) is 10.0 Å². The van der Waals surface area contributed by atoms with E-state index in [0.29, 0.717) is 0 Å². The molecule has 0 radical (unpaired) electrons. The van der Waals surface area contributed by atoms with Crippen LogP contribution in [-0.4, -0.2) is 62.4 Å². The second-order valence-electron chi connectivity index (χ2n) is 4.98. The van der Waals surface area contributed by atoms with E-state index in [4.69, 9.17) is 0 Å². The van der Waals surface area contributed by atoms with Crippen molar-refractivity contribution in [1.82, 2.24) is 15.3 Å². The van der Waals surface area contributed by atoms with E-state index in [1.807, 2.05) is 0 Å². The number of benzene rings is 1. The summed E-state index contributed by atoms with van der Waals surface area (Å²) in [4.78, 5) is 2.48. The van der Waals surface area contributed by atoms with Gasteiger partial charge in [0.15, 0.2) is 0 Å². The van der Waals surface area contributed by atoms with Gasteiger partial charge < -0.3 is 10.2 Å². The summed E-state index contributed by atoms with van der Waals surface area (Å²) in [5, 5.41) is 8.45. The van der Waals surface area contributed by atoms with E-state index in [9.17, 15) is 0 Å². The summed E-state index contributed by atoms with van der Waals surface area (Å²) in [6, 6.07) is 10.7. The van der Waals surface area contributed by atoms with Gasteiger partial charge in [-0.1, -0.05) is 18.2 Å². The van der Waals surface area contributed by atoms with Gasteiger partial charge >= 0.3 is 0 Å². The molecule has 3 rings (SSSR count). The van der Waals surface area contributed by atoms with Gasteiger partial charge in [0.2, 0.25) is 0 Å². The highest BCUT2D eigenvalue weighted by atomic mass is 15.6. The Kier molecular flexibility index (Phi) is 3.78. The van der Waals surface area contributed by atoms with Crippen molar-refractivity contribution in [3.63, 3.8) is 0 Å². The molecule has 0 aromatic heterocycles. The molecule has 2 aliphatic rings. The molecule has 2 aliphatic heterocycles. The van der Waals surface area contributed by atoms with Gasteiger partial charge in [-0.3, -0.25) is 0 Å². The fourth-order valence-electron chi connectivity index (χ4n) is 2.81. The highest BCUT2D eigenvalue weighted by Crippen LogP contribution is 2.16. The largest absolute Gasteiger partial charge is 0.369 e. The number of hydrazine groups is 1. The predicted octanol–water partition coefficient (Wildman–Crippen LogP) is 0.629. The quantitative estimate of drug-likeness (QED) is 0.826. The smallest absolute Gasteiger partial charge is 0.0367 e. The fraction of sp³-hybridized carbons (Fsp3) is 0.571. The molecule has 0 amide bonds. The van der Waals surface area contributed by atoms with Crippen LogP contribution >= 0.6 is 0 Å². The lowest BCUT2D eigenvalue weighted by Gasteiger charge is -2.43. The third-order valence-electron chi connectivity index (χ3n) is 3.87. The molecule has 0 saturated carbocycles. The van der Waals surface area contributed by atoms with Crippen molar-refractivity contribution in [3.05, 3.63) is 30.3 Å². The van der Waals surface area contributed by atoms with Gasteiger partial charge in [0.25, 0.3) is 0 Å². The van der Waals surface area contributed by atoms with Gasteiger partial charge in [0, 0.05) is 58.0 Å². The van der Waals surface area contributed by atoms with Gasteiger partial charge in [-0.05, 0) is 12.1 Å². The molecule has 0 atom stereocenters. The molecule has 4 heteroatoms. The van der Waals surface area contributed by atoms with Crippen LogP contribution in [0.5, 0.6) is 0 Å². The number of anilines is 1. The standard InChI is InChI=1S/C14H22N4/c1-2-4-14(5-3-1)16-10-12-18(13-11-16)17-8-6-15-7-9-17/h1-5,15H,6-13H2. The fourth-order valence-corrected chi connectivity index (χ4v) is 2.81. The average molecular weight is 246 g/mol. The Labute approximate surface area is 109 Å². The number of nitrogens with zero attached hydrogens (tertiary/aromatic N) is 3. The predicted molar refractivity (Wildman–Crippen MR) is 74.7 cm³/mol. The molecule has 2 fully saturated rings. The van der Waals surface area contributed by atoms with Crippen LogP contribution < -0.4 is 10.2 Å². The number of hydrogen-bond donors (Lipinski definition) is 1. The summed E-state index contributed by atoms with van der Waals surface area (Å²) >= 11 is 0. The van der Waals surface area contributed by atoms with Crippen LogP contribution in [0.25, 0.3) is 0 Å². The maximum Gasteiger partial charge on any atom is 0.0367 e. The van der Waals surface area contributed by atoms with Crippen molar-refractivity contribution < 1.29 is 0 Å². The van der Waals surface area contributed by atoms with Crippen LogP contribution in [0.2, 0.25) is 0 Å². The Balaban J connectivity index is 1.54. The van der Waals surface area contributed by atoms with Crippen LogP contribution in [-0.2, 0) is 0 Å². The third kappa shape index (κ3) is 2.66. The number of rotatable bonds is 2. The SMILES string of the molecule is c1ccc(N2CCN(N3CCNCC3)CC2)cc1. The van der Waals surface area contributed by atoms with Crippen LogP contribution in [0.4, 0.5) is 5.69 Å². The molecule has 0 spiro atoms. The minimum atomic E-state index is 1.12. The molecule has 18 heavy (non-hydrogen) atoms. The molecule has 1 N–H and O–H groups in total. The Morgan fingerprint density at radius 2 is 1.33 bits per heavy atom.